The zero-order valence-corrected chi connectivity index (χ0v) is 21.9. The number of nitrogen functional groups attached to an aromatic ring is 1. The predicted molar refractivity (Wildman–Crippen MR) is 146 cm³/mol. The molecule has 0 saturated carbocycles. The molecular weight excluding hydrogens is 510 g/mol. The quantitative estimate of drug-likeness (QED) is 0.279. The molecule has 0 unspecified atom stereocenters. The summed E-state index contributed by atoms with van der Waals surface area (Å²) in [6.07, 6.45) is 3.37. The standard InChI is InChI=1S/C25H29N9O3.ClH/c1-35-15-16-36-19-6-4-18(5-7-19)32-11-8-31(9-12-32)10-13-33-23-20(17-27-33)24-28-22(21-3-2-14-37-21)30-34(24)25(26)29-23;/h2-7,14,17H,8-13,15-16H2,1H3,(H2,26,29);1H. The Morgan fingerprint density at radius 3 is 2.53 bits per heavy atom. The topological polar surface area (TPSA) is 125 Å². The summed E-state index contributed by atoms with van der Waals surface area (Å²) in [7, 11) is 1.67. The summed E-state index contributed by atoms with van der Waals surface area (Å²) >= 11 is 0. The molecule has 0 radical (unpaired) electrons. The van der Waals surface area contributed by atoms with E-state index in [0.717, 1.165) is 43.9 Å². The third-order valence-corrected chi connectivity index (χ3v) is 6.60. The van der Waals surface area contributed by atoms with E-state index < -0.39 is 0 Å². The van der Waals surface area contributed by atoms with Crippen LogP contribution in [0.5, 0.6) is 5.75 Å². The van der Waals surface area contributed by atoms with Gasteiger partial charge in [0, 0.05) is 45.5 Å². The number of aromatic nitrogens is 6. The lowest BCUT2D eigenvalue weighted by molar-refractivity contribution is 0.146. The Labute approximate surface area is 225 Å². The molecule has 0 bridgehead atoms. The fourth-order valence-corrected chi connectivity index (χ4v) is 4.59. The minimum absolute atomic E-state index is 0. The number of ether oxygens (including phenoxy) is 2. The molecule has 1 aliphatic heterocycles. The Morgan fingerprint density at radius 1 is 0.974 bits per heavy atom. The molecule has 5 heterocycles. The van der Waals surface area contributed by atoms with E-state index in [0.29, 0.717) is 42.6 Å². The Balaban J connectivity index is 0.00000294. The molecule has 1 fully saturated rings. The number of piperazine rings is 1. The predicted octanol–water partition coefficient (Wildman–Crippen LogP) is 2.59. The van der Waals surface area contributed by atoms with Crippen molar-refractivity contribution in [2.24, 2.45) is 0 Å². The fraction of sp³-hybridized carbons (Fsp3) is 0.360. The highest BCUT2D eigenvalue weighted by Crippen LogP contribution is 2.24. The van der Waals surface area contributed by atoms with Crippen molar-refractivity contribution in [2.45, 2.75) is 6.54 Å². The highest BCUT2D eigenvalue weighted by atomic mass is 35.5. The van der Waals surface area contributed by atoms with Crippen molar-refractivity contribution in [1.82, 2.24) is 34.3 Å². The third kappa shape index (κ3) is 5.10. The van der Waals surface area contributed by atoms with E-state index in [1.807, 2.05) is 22.9 Å². The number of nitrogens with zero attached hydrogens (tertiary/aromatic N) is 8. The SMILES string of the molecule is COCCOc1ccc(N2CCN(CCn3ncc4c3nc(N)n3nc(-c5ccco5)nc43)CC2)cc1.Cl. The van der Waals surface area contributed by atoms with Crippen LogP contribution in [-0.2, 0) is 11.3 Å². The Kier molecular flexibility index (Phi) is 7.63. The number of hydrogen-bond donors (Lipinski definition) is 1. The third-order valence-electron chi connectivity index (χ3n) is 6.60. The number of anilines is 2. The van der Waals surface area contributed by atoms with Gasteiger partial charge in [-0.3, -0.25) is 4.90 Å². The van der Waals surface area contributed by atoms with Crippen molar-refractivity contribution in [3.8, 4) is 17.3 Å². The first-order valence-corrected chi connectivity index (χ1v) is 12.3. The van der Waals surface area contributed by atoms with Gasteiger partial charge in [0.05, 0.1) is 31.0 Å². The van der Waals surface area contributed by atoms with Crippen molar-refractivity contribution in [3.63, 3.8) is 0 Å². The van der Waals surface area contributed by atoms with E-state index in [9.17, 15) is 0 Å². The molecule has 0 aliphatic carbocycles. The van der Waals surface area contributed by atoms with Crippen molar-refractivity contribution in [2.75, 3.05) is 63.7 Å². The normalized spacial score (nSPS) is 14.3. The molecule has 12 nitrogen and oxygen atoms in total. The average Bonchev–Trinajstić information content (AvgIpc) is 3.68. The maximum atomic E-state index is 6.21. The van der Waals surface area contributed by atoms with Gasteiger partial charge in [0.2, 0.25) is 11.8 Å². The van der Waals surface area contributed by atoms with Gasteiger partial charge in [-0.05, 0) is 36.4 Å². The van der Waals surface area contributed by atoms with Crippen LogP contribution < -0.4 is 15.4 Å². The molecule has 6 rings (SSSR count). The van der Waals surface area contributed by atoms with Gasteiger partial charge in [0.15, 0.2) is 17.1 Å². The van der Waals surface area contributed by atoms with E-state index >= 15 is 0 Å². The summed E-state index contributed by atoms with van der Waals surface area (Å²) in [5.41, 5.74) is 8.74. The largest absolute Gasteiger partial charge is 0.491 e. The molecule has 2 N–H and O–H groups in total. The fourth-order valence-electron chi connectivity index (χ4n) is 4.59. The van der Waals surface area contributed by atoms with Crippen molar-refractivity contribution >= 4 is 40.7 Å². The van der Waals surface area contributed by atoms with Gasteiger partial charge in [-0.25, -0.2) is 9.67 Å². The summed E-state index contributed by atoms with van der Waals surface area (Å²) in [5, 5.41) is 9.83. The van der Waals surface area contributed by atoms with E-state index in [1.165, 1.54) is 10.2 Å². The summed E-state index contributed by atoms with van der Waals surface area (Å²) in [4.78, 5) is 14.0. The molecule has 1 saturated heterocycles. The maximum Gasteiger partial charge on any atom is 0.225 e. The summed E-state index contributed by atoms with van der Waals surface area (Å²) in [6, 6.07) is 11.9. The first kappa shape index (κ1) is 25.8. The first-order valence-electron chi connectivity index (χ1n) is 12.3. The van der Waals surface area contributed by atoms with E-state index in [1.54, 1.807) is 25.6 Å². The second-order valence-corrected chi connectivity index (χ2v) is 8.89. The molecule has 0 amide bonds. The second kappa shape index (κ2) is 11.3. The lowest BCUT2D eigenvalue weighted by atomic mass is 10.2. The molecule has 0 spiro atoms. The lowest BCUT2D eigenvalue weighted by Crippen LogP contribution is -2.47. The minimum atomic E-state index is 0. The number of rotatable bonds is 9. The zero-order chi connectivity index (χ0) is 25.2. The van der Waals surface area contributed by atoms with E-state index in [4.69, 9.17) is 19.6 Å². The summed E-state index contributed by atoms with van der Waals surface area (Å²) in [5.74, 6) is 2.16. The van der Waals surface area contributed by atoms with Crippen LogP contribution in [0.4, 0.5) is 11.6 Å². The van der Waals surface area contributed by atoms with Crippen LogP contribution in [0.15, 0.2) is 53.3 Å². The van der Waals surface area contributed by atoms with Crippen LogP contribution in [0.25, 0.3) is 28.3 Å². The molecule has 200 valence electrons. The van der Waals surface area contributed by atoms with E-state index in [-0.39, 0.29) is 18.4 Å². The number of hydrogen-bond acceptors (Lipinski definition) is 10. The maximum absolute atomic E-state index is 6.21. The van der Waals surface area contributed by atoms with Gasteiger partial charge in [0.25, 0.3) is 0 Å². The average molecular weight is 540 g/mol. The van der Waals surface area contributed by atoms with Crippen LogP contribution >= 0.6 is 12.4 Å². The van der Waals surface area contributed by atoms with Gasteiger partial charge in [-0.15, -0.1) is 17.5 Å². The van der Waals surface area contributed by atoms with Crippen molar-refractivity contribution in [1.29, 1.82) is 0 Å². The monoisotopic (exact) mass is 539 g/mol. The highest BCUT2D eigenvalue weighted by molar-refractivity contribution is 5.90. The first-order chi connectivity index (χ1) is 18.2. The smallest absolute Gasteiger partial charge is 0.225 e. The number of benzene rings is 1. The molecule has 5 aromatic rings. The minimum Gasteiger partial charge on any atom is -0.491 e. The molecule has 4 aromatic heterocycles. The highest BCUT2D eigenvalue weighted by Gasteiger charge is 2.20. The number of furan rings is 1. The number of halogens is 1. The number of nitrogens with two attached hydrogens (primary N) is 1. The second-order valence-electron chi connectivity index (χ2n) is 8.89. The molecule has 0 atom stereocenters. The number of fused-ring (bicyclic) bond motifs is 3. The molecule has 1 aliphatic rings. The molecule has 38 heavy (non-hydrogen) atoms. The Bertz CT molecular complexity index is 1480. The van der Waals surface area contributed by atoms with Gasteiger partial charge < -0.3 is 24.5 Å². The van der Waals surface area contributed by atoms with Gasteiger partial charge in [-0.1, -0.05) is 0 Å². The van der Waals surface area contributed by atoms with Crippen LogP contribution in [0.2, 0.25) is 0 Å². The van der Waals surface area contributed by atoms with Crippen molar-refractivity contribution in [3.05, 3.63) is 48.9 Å². The molecular formula is C25H30ClN9O3. The van der Waals surface area contributed by atoms with Crippen LogP contribution in [0.3, 0.4) is 0 Å². The molecule has 1 aromatic carbocycles. The summed E-state index contributed by atoms with van der Waals surface area (Å²) < 4.78 is 19.6. The Hall–Kier alpha value is -3.87. The van der Waals surface area contributed by atoms with Crippen LogP contribution in [-0.4, -0.2) is 87.3 Å². The van der Waals surface area contributed by atoms with E-state index in [2.05, 4.69) is 42.1 Å². The van der Waals surface area contributed by atoms with Crippen LogP contribution in [0, 0.1) is 0 Å². The zero-order valence-electron chi connectivity index (χ0n) is 21.1. The van der Waals surface area contributed by atoms with Crippen molar-refractivity contribution < 1.29 is 13.9 Å². The van der Waals surface area contributed by atoms with Gasteiger partial charge >= 0.3 is 0 Å². The summed E-state index contributed by atoms with van der Waals surface area (Å²) in [6.45, 7) is 6.59. The van der Waals surface area contributed by atoms with Crippen LogP contribution in [0.1, 0.15) is 0 Å². The number of methoxy groups -OCH3 is 1. The van der Waals surface area contributed by atoms with Gasteiger partial charge in [-0.2, -0.15) is 14.6 Å². The Morgan fingerprint density at radius 2 is 1.79 bits per heavy atom. The van der Waals surface area contributed by atoms with Gasteiger partial charge in [0.1, 0.15) is 12.4 Å². The molecule has 13 heteroatoms. The lowest BCUT2D eigenvalue weighted by Gasteiger charge is -2.36.